The minimum Gasteiger partial charge on any atom is -0.207 e. The molecule has 0 aliphatic carbocycles. The van der Waals surface area contributed by atoms with Crippen LogP contribution in [0.25, 0.3) is 0 Å². The average molecular weight is 231 g/mol. The molecular weight excluding hydrogens is 219 g/mol. The van der Waals surface area contributed by atoms with Gasteiger partial charge in [0.25, 0.3) is 0 Å². The van der Waals surface area contributed by atoms with Crippen molar-refractivity contribution in [1.82, 2.24) is 0 Å². The van der Waals surface area contributed by atoms with Crippen LogP contribution >= 0.6 is 15.9 Å². The lowest BCUT2D eigenvalue weighted by atomic mass is 10.0. The predicted octanol–water partition coefficient (Wildman–Crippen LogP) is 3.90. The van der Waals surface area contributed by atoms with Gasteiger partial charge in [-0.25, -0.2) is 4.39 Å². The molecule has 0 heterocycles. The highest BCUT2D eigenvalue weighted by atomic mass is 79.9. The number of hydrogen-bond acceptors (Lipinski definition) is 0. The first kappa shape index (κ1) is 9.72. The largest absolute Gasteiger partial charge is 0.207 e. The number of alkyl halides is 1. The Morgan fingerprint density at radius 1 is 1.25 bits per heavy atom. The quantitative estimate of drug-likeness (QED) is 0.643. The first-order valence-corrected chi connectivity index (χ1v) is 4.84. The first-order chi connectivity index (χ1) is 5.52. The molecule has 1 atom stereocenters. The van der Waals surface area contributed by atoms with Crippen LogP contribution in [0.3, 0.4) is 0 Å². The molecule has 0 nitrogen and oxygen atoms in total. The summed E-state index contributed by atoms with van der Waals surface area (Å²) < 4.78 is 12.9. The molecule has 0 radical (unpaired) electrons. The van der Waals surface area contributed by atoms with Gasteiger partial charge in [0.15, 0.2) is 0 Å². The van der Waals surface area contributed by atoms with E-state index in [9.17, 15) is 4.39 Å². The van der Waals surface area contributed by atoms with Gasteiger partial charge >= 0.3 is 0 Å². The standard InChI is InChI=1S/C10H12BrF/c1-6-4-9(12)5-7(2)10(6)8(3)11/h4-5,8H,1-3H3. The van der Waals surface area contributed by atoms with Crippen LogP contribution in [-0.2, 0) is 0 Å². The van der Waals surface area contributed by atoms with Gasteiger partial charge in [-0.05, 0) is 49.6 Å². The van der Waals surface area contributed by atoms with Gasteiger partial charge in [-0.15, -0.1) is 0 Å². The maximum atomic E-state index is 12.9. The molecule has 0 amide bonds. The van der Waals surface area contributed by atoms with Crippen LogP contribution in [0.4, 0.5) is 4.39 Å². The van der Waals surface area contributed by atoms with Crippen molar-refractivity contribution in [2.24, 2.45) is 0 Å². The molecule has 0 N–H and O–H groups in total. The summed E-state index contributed by atoms with van der Waals surface area (Å²) in [5.41, 5.74) is 3.21. The Bertz CT molecular complexity index is 269. The molecule has 2 heteroatoms. The second kappa shape index (κ2) is 3.56. The molecule has 1 aromatic carbocycles. The number of hydrogen-bond donors (Lipinski definition) is 0. The molecule has 66 valence electrons. The van der Waals surface area contributed by atoms with E-state index >= 15 is 0 Å². The molecular formula is C10H12BrF. The van der Waals surface area contributed by atoms with Crippen molar-refractivity contribution >= 4 is 15.9 Å². The Hall–Kier alpha value is -0.370. The van der Waals surface area contributed by atoms with E-state index in [1.807, 2.05) is 20.8 Å². The van der Waals surface area contributed by atoms with Crippen molar-refractivity contribution < 1.29 is 4.39 Å². The minimum atomic E-state index is -0.151. The van der Waals surface area contributed by atoms with Crippen molar-refractivity contribution in [2.45, 2.75) is 25.6 Å². The van der Waals surface area contributed by atoms with Gasteiger partial charge in [0, 0.05) is 4.83 Å². The molecule has 1 unspecified atom stereocenters. The molecule has 0 bridgehead atoms. The maximum absolute atomic E-state index is 12.9. The summed E-state index contributed by atoms with van der Waals surface area (Å²) in [6.45, 7) is 5.92. The van der Waals surface area contributed by atoms with E-state index in [1.54, 1.807) is 12.1 Å². The Labute approximate surface area is 80.9 Å². The van der Waals surface area contributed by atoms with Crippen molar-refractivity contribution in [1.29, 1.82) is 0 Å². The van der Waals surface area contributed by atoms with Gasteiger partial charge < -0.3 is 0 Å². The van der Waals surface area contributed by atoms with Crippen LogP contribution in [-0.4, -0.2) is 0 Å². The van der Waals surface area contributed by atoms with E-state index in [4.69, 9.17) is 0 Å². The lowest BCUT2D eigenvalue weighted by molar-refractivity contribution is 0.624. The zero-order valence-electron chi connectivity index (χ0n) is 7.49. The highest BCUT2D eigenvalue weighted by molar-refractivity contribution is 9.09. The molecule has 1 rings (SSSR count). The van der Waals surface area contributed by atoms with Gasteiger partial charge in [-0.2, -0.15) is 0 Å². The van der Waals surface area contributed by atoms with Gasteiger partial charge in [0.05, 0.1) is 0 Å². The van der Waals surface area contributed by atoms with Crippen molar-refractivity contribution in [3.63, 3.8) is 0 Å². The van der Waals surface area contributed by atoms with Crippen molar-refractivity contribution in [2.75, 3.05) is 0 Å². The van der Waals surface area contributed by atoms with Gasteiger partial charge in [0.2, 0.25) is 0 Å². The third-order valence-electron chi connectivity index (χ3n) is 1.96. The summed E-state index contributed by atoms with van der Waals surface area (Å²) in [6, 6.07) is 3.14. The van der Waals surface area contributed by atoms with Crippen LogP contribution < -0.4 is 0 Å². The molecule has 12 heavy (non-hydrogen) atoms. The van der Waals surface area contributed by atoms with Crippen molar-refractivity contribution in [3.05, 3.63) is 34.6 Å². The second-order valence-electron chi connectivity index (χ2n) is 3.07. The first-order valence-electron chi connectivity index (χ1n) is 3.93. The third kappa shape index (κ3) is 1.86. The van der Waals surface area contributed by atoms with E-state index in [-0.39, 0.29) is 10.6 Å². The summed E-state index contributed by atoms with van der Waals surface area (Å²) in [7, 11) is 0. The van der Waals surface area contributed by atoms with Crippen LogP contribution in [0.15, 0.2) is 12.1 Å². The summed E-state index contributed by atoms with van der Waals surface area (Å²) in [6.07, 6.45) is 0. The van der Waals surface area contributed by atoms with Gasteiger partial charge in [-0.3, -0.25) is 0 Å². The fourth-order valence-electron chi connectivity index (χ4n) is 1.55. The molecule has 0 aliphatic heterocycles. The molecule has 1 aromatic rings. The van der Waals surface area contributed by atoms with Crippen LogP contribution in [0.1, 0.15) is 28.4 Å². The van der Waals surface area contributed by atoms with Gasteiger partial charge in [-0.1, -0.05) is 15.9 Å². The summed E-state index contributed by atoms with van der Waals surface area (Å²) in [4.78, 5) is 0.290. The average Bonchev–Trinajstić information content (AvgIpc) is 1.82. The molecule has 0 aliphatic rings. The third-order valence-corrected chi connectivity index (χ3v) is 2.41. The zero-order valence-corrected chi connectivity index (χ0v) is 9.07. The number of aryl methyl sites for hydroxylation is 2. The SMILES string of the molecule is Cc1cc(F)cc(C)c1C(C)Br. The zero-order chi connectivity index (χ0) is 9.30. The Kier molecular flexibility index (Phi) is 2.89. The molecule has 0 aromatic heterocycles. The Morgan fingerprint density at radius 2 is 1.67 bits per heavy atom. The monoisotopic (exact) mass is 230 g/mol. The summed E-state index contributed by atoms with van der Waals surface area (Å²) >= 11 is 3.49. The van der Waals surface area contributed by atoms with E-state index in [2.05, 4.69) is 15.9 Å². The van der Waals surface area contributed by atoms with Crippen LogP contribution in [0.5, 0.6) is 0 Å². The normalized spacial score (nSPS) is 13.1. The minimum absolute atomic E-state index is 0.151. The highest BCUT2D eigenvalue weighted by Crippen LogP contribution is 2.28. The maximum Gasteiger partial charge on any atom is 0.123 e. The molecule has 0 spiro atoms. The van der Waals surface area contributed by atoms with Gasteiger partial charge in [0.1, 0.15) is 5.82 Å². The van der Waals surface area contributed by atoms with E-state index < -0.39 is 0 Å². The fraction of sp³-hybridized carbons (Fsp3) is 0.400. The smallest absolute Gasteiger partial charge is 0.123 e. The lowest BCUT2D eigenvalue weighted by Gasteiger charge is -2.11. The van der Waals surface area contributed by atoms with Crippen molar-refractivity contribution in [3.8, 4) is 0 Å². The lowest BCUT2D eigenvalue weighted by Crippen LogP contribution is -1.95. The van der Waals surface area contributed by atoms with Crippen LogP contribution in [0, 0.1) is 19.7 Å². The highest BCUT2D eigenvalue weighted by Gasteiger charge is 2.09. The molecule has 0 saturated heterocycles. The number of rotatable bonds is 1. The predicted molar refractivity (Wildman–Crippen MR) is 53.2 cm³/mol. The summed E-state index contributed by atoms with van der Waals surface area (Å²) in [5, 5.41) is 0. The second-order valence-corrected chi connectivity index (χ2v) is 4.44. The summed E-state index contributed by atoms with van der Waals surface area (Å²) in [5.74, 6) is -0.151. The molecule has 0 fully saturated rings. The van der Waals surface area contributed by atoms with E-state index in [0.29, 0.717) is 0 Å². The fourth-order valence-corrected chi connectivity index (χ4v) is 2.27. The van der Waals surface area contributed by atoms with E-state index in [0.717, 1.165) is 11.1 Å². The topological polar surface area (TPSA) is 0 Å². The molecule has 0 saturated carbocycles. The van der Waals surface area contributed by atoms with E-state index in [1.165, 1.54) is 5.56 Å². The Balaban J connectivity index is 3.28. The number of halogens is 2. The number of benzene rings is 1. The Morgan fingerprint density at radius 3 is 2.00 bits per heavy atom. The van der Waals surface area contributed by atoms with Crippen LogP contribution in [0.2, 0.25) is 0 Å².